The van der Waals surface area contributed by atoms with Crippen molar-refractivity contribution in [2.45, 2.75) is 76.6 Å². The van der Waals surface area contributed by atoms with Gasteiger partial charge >= 0.3 is 6.09 Å². The van der Waals surface area contributed by atoms with Crippen molar-refractivity contribution in [2.75, 3.05) is 13.1 Å². The lowest BCUT2D eigenvalue weighted by Crippen LogP contribution is -2.57. The molecular formula is C35H47N3O6S. The number of carbonyl (C=O) groups is 2. The summed E-state index contributed by atoms with van der Waals surface area (Å²) in [5.74, 6) is -0.495. The van der Waals surface area contributed by atoms with Crippen molar-refractivity contribution in [2.24, 2.45) is 11.8 Å². The normalized spacial score (nSPS) is 14.4. The van der Waals surface area contributed by atoms with Gasteiger partial charge in [-0.3, -0.25) is 4.79 Å². The first-order valence-corrected chi connectivity index (χ1v) is 17.0. The van der Waals surface area contributed by atoms with Gasteiger partial charge in [0.15, 0.2) is 0 Å². The van der Waals surface area contributed by atoms with Crippen molar-refractivity contribution in [1.82, 2.24) is 14.9 Å². The first-order valence-electron chi connectivity index (χ1n) is 15.6. The minimum absolute atomic E-state index is 0.0545. The van der Waals surface area contributed by atoms with E-state index in [9.17, 15) is 23.1 Å². The lowest BCUT2D eigenvalue weighted by atomic mass is 9.96. The summed E-state index contributed by atoms with van der Waals surface area (Å²) in [6.07, 6.45) is -0.528. The van der Waals surface area contributed by atoms with Gasteiger partial charge in [0, 0.05) is 13.1 Å². The monoisotopic (exact) mass is 637 g/mol. The van der Waals surface area contributed by atoms with Crippen molar-refractivity contribution in [3.8, 4) is 0 Å². The number of rotatable bonds is 17. The van der Waals surface area contributed by atoms with Crippen molar-refractivity contribution >= 4 is 22.0 Å². The number of nitrogens with zero attached hydrogens (tertiary/aromatic N) is 1. The zero-order chi connectivity index (χ0) is 32.8. The van der Waals surface area contributed by atoms with Gasteiger partial charge in [0.2, 0.25) is 15.9 Å². The maximum atomic E-state index is 13.8. The zero-order valence-corrected chi connectivity index (χ0v) is 27.5. The van der Waals surface area contributed by atoms with Gasteiger partial charge in [0.25, 0.3) is 0 Å². The third kappa shape index (κ3) is 11.3. The van der Waals surface area contributed by atoms with Crippen LogP contribution in [0.3, 0.4) is 0 Å². The van der Waals surface area contributed by atoms with Crippen LogP contribution in [0.25, 0.3) is 0 Å². The Balaban J connectivity index is 1.82. The highest BCUT2D eigenvalue weighted by atomic mass is 32.2. The number of aliphatic hydroxyl groups is 1. The van der Waals surface area contributed by atoms with Gasteiger partial charge in [-0.1, -0.05) is 113 Å². The average molecular weight is 638 g/mol. The molecule has 45 heavy (non-hydrogen) atoms. The van der Waals surface area contributed by atoms with Gasteiger partial charge in [-0.25, -0.2) is 13.2 Å². The average Bonchev–Trinajstić information content (AvgIpc) is 3.04. The molecule has 0 saturated carbocycles. The molecule has 0 aliphatic heterocycles. The van der Waals surface area contributed by atoms with Gasteiger partial charge < -0.3 is 20.5 Å². The predicted molar refractivity (Wildman–Crippen MR) is 176 cm³/mol. The summed E-state index contributed by atoms with van der Waals surface area (Å²) in [6.45, 7) is 7.83. The second-order valence-corrected chi connectivity index (χ2v) is 13.7. The Morgan fingerprint density at radius 3 is 1.96 bits per heavy atom. The van der Waals surface area contributed by atoms with E-state index in [0.29, 0.717) is 12.8 Å². The molecule has 0 aliphatic rings. The molecule has 0 saturated heterocycles. The molecule has 9 nitrogen and oxygen atoms in total. The first-order chi connectivity index (χ1) is 21.5. The molecular weight excluding hydrogens is 590 g/mol. The van der Waals surface area contributed by atoms with E-state index in [4.69, 9.17) is 4.74 Å². The minimum atomic E-state index is -3.92. The van der Waals surface area contributed by atoms with Crippen LogP contribution in [0.15, 0.2) is 95.9 Å². The van der Waals surface area contributed by atoms with E-state index in [1.165, 1.54) is 16.4 Å². The van der Waals surface area contributed by atoms with E-state index in [0.717, 1.165) is 11.1 Å². The molecule has 3 aromatic rings. The molecule has 0 radical (unpaired) electrons. The number of benzene rings is 3. The Hall–Kier alpha value is -3.73. The lowest BCUT2D eigenvalue weighted by molar-refractivity contribution is -0.125. The summed E-state index contributed by atoms with van der Waals surface area (Å²) < 4.78 is 34.0. The molecule has 10 heteroatoms. The second kappa shape index (κ2) is 17.7. The minimum Gasteiger partial charge on any atom is -0.445 e. The predicted octanol–water partition coefficient (Wildman–Crippen LogP) is 5.15. The molecule has 2 amide bonds. The summed E-state index contributed by atoms with van der Waals surface area (Å²) in [7, 11) is -3.92. The van der Waals surface area contributed by atoms with Crippen molar-refractivity contribution < 1.29 is 27.9 Å². The van der Waals surface area contributed by atoms with E-state index >= 15 is 0 Å². The molecule has 4 atom stereocenters. The third-order valence-corrected chi connectivity index (χ3v) is 9.68. The molecule has 0 spiro atoms. The van der Waals surface area contributed by atoms with Crippen LogP contribution in [0.2, 0.25) is 0 Å². The molecule has 0 fully saturated rings. The smallest absolute Gasteiger partial charge is 0.408 e. The lowest BCUT2D eigenvalue weighted by Gasteiger charge is -2.32. The van der Waals surface area contributed by atoms with E-state index in [2.05, 4.69) is 10.6 Å². The topological polar surface area (TPSA) is 125 Å². The van der Waals surface area contributed by atoms with Gasteiger partial charge in [-0.15, -0.1) is 0 Å². The second-order valence-electron chi connectivity index (χ2n) is 11.8. The van der Waals surface area contributed by atoms with Crippen LogP contribution in [0.1, 0.15) is 51.7 Å². The molecule has 1 unspecified atom stereocenters. The number of hydrogen-bond acceptors (Lipinski definition) is 6. The van der Waals surface area contributed by atoms with Gasteiger partial charge in [-0.2, -0.15) is 4.31 Å². The largest absolute Gasteiger partial charge is 0.445 e. The zero-order valence-electron chi connectivity index (χ0n) is 26.6. The van der Waals surface area contributed by atoms with Crippen LogP contribution in [-0.4, -0.2) is 61.1 Å². The Bertz CT molecular complexity index is 1420. The fourth-order valence-corrected chi connectivity index (χ4v) is 6.30. The summed E-state index contributed by atoms with van der Waals surface area (Å²) in [5, 5.41) is 17.2. The highest BCUT2D eigenvalue weighted by Gasteiger charge is 2.33. The molecule has 3 rings (SSSR count). The van der Waals surface area contributed by atoms with Crippen LogP contribution in [-0.2, 0) is 32.6 Å². The quantitative estimate of drug-likeness (QED) is 0.188. The number of hydrogen-bond donors (Lipinski definition) is 3. The van der Waals surface area contributed by atoms with Crippen molar-refractivity contribution in [1.29, 1.82) is 0 Å². The third-order valence-electron chi connectivity index (χ3n) is 7.80. The molecule has 244 valence electrons. The van der Waals surface area contributed by atoms with Crippen LogP contribution in [0, 0.1) is 11.8 Å². The number of ether oxygens (including phenoxy) is 1. The Morgan fingerprint density at radius 2 is 1.40 bits per heavy atom. The number of aliphatic hydroxyl groups excluding tert-OH is 1. The van der Waals surface area contributed by atoms with Gasteiger partial charge in [0.05, 0.1) is 17.0 Å². The number of amides is 2. The van der Waals surface area contributed by atoms with Crippen LogP contribution in [0.4, 0.5) is 4.79 Å². The van der Waals surface area contributed by atoms with E-state index in [-0.39, 0.29) is 42.8 Å². The fourth-order valence-electron chi connectivity index (χ4n) is 4.81. The Labute approximate surface area is 268 Å². The van der Waals surface area contributed by atoms with Crippen LogP contribution < -0.4 is 10.6 Å². The number of nitrogens with one attached hydrogen (secondary N) is 2. The van der Waals surface area contributed by atoms with Crippen molar-refractivity contribution in [3.05, 3.63) is 102 Å². The summed E-state index contributed by atoms with van der Waals surface area (Å²) in [5.41, 5.74) is 1.67. The summed E-state index contributed by atoms with van der Waals surface area (Å²) in [6, 6.07) is 25.0. The van der Waals surface area contributed by atoms with Crippen LogP contribution in [0.5, 0.6) is 0 Å². The maximum Gasteiger partial charge on any atom is 0.408 e. The fraction of sp³-hybridized carbons (Fsp3) is 0.429. The highest BCUT2D eigenvalue weighted by molar-refractivity contribution is 7.89. The molecule has 0 aliphatic carbocycles. The number of alkyl carbamates (subject to hydrolysis) is 1. The Kier molecular flexibility index (Phi) is 14.0. The van der Waals surface area contributed by atoms with E-state index < -0.39 is 40.2 Å². The Morgan fingerprint density at radius 1 is 0.844 bits per heavy atom. The van der Waals surface area contributed by atoms with Gasteiger partial charge in [-0.05, 0) is 47.9 Å². The summed E-state index contributed by atoms with van der Waals surface area (Å²) >= 11 is 0. The number of sulfonamides is 1. The molecule has 0 aromatic heterocycles. The van der Waals surface area contributed by atoms with E-state index in [1.54, 1.807) is 18.2 Å². The molecule has 0 heterocycles. The van der Waals surface area contributed by atoms with Crippen molar-refractivity contribution in [3.63, 3.8) is 0 Å². The SMILES string of the molecule is CCC(C)[C@H](NC(=O)OCc1ccccc1)C(=O)N[C@@H](Cc1ccccc1)[C@H](O)CN(CCC(C)C)S(=O)(=O)c1ccccc1. The maximum absolute atomic E-state index is 13.8. The number of carbonyl (C=O) groups excluding carboxylic acids is 2. The van der Waals surface area contributed by atoms with Gasteiger partial charge in [0.1, 0.15) is 12.6 Å². The first kappa shape index (κ1) is 35.7. The molecule has 3 aromatic carbocycles. The highest BCUT2D eigenvalue weighted by Crippen LogP contribution is 2.19. The van der Waals surface area contributed by atoms with E-state index in [1.807, 2.05) is 88.4 Å². The van der Waals surface area contributed by atoms with Crippen LogP contribution >= 0.6 is 0 Å². The molecule has 3 N–H and O–H groups in total. The standard InChI is InChI=1S/C35H47N3O6S/c1-5-27(4)33(37-35(41)44-25-29-17-11-7-12-18-29)34(40)36-31(23-28-15-9-6-10-16-28)32(39)24-38(22-21-26(2)3)45(42,43)30-19-13-8-14-20-30/h6-20,26-27,31-33,39H,5,21-25H2,1-4H3,(H,36,40)(H,37,41)/t27?,31-,32+,33-/m0/s1. The molecule has 0 bridgehead atoms. The summed E-state index contributed by atoms with van der Waals surface area (Å²) in [4.78, 5) is 26.6.